The molecule has 15 nitrogen and oxygen atoms in total. The molecule has 3 aliphatic rings. The Bertz CT molecular complexity index is 2400. The molecule has 0 aromatic carbocycles. The summed E-state index contributed by atoms with van der Waals surface area (Å²) in [5, 5.41) is 17.3. The first kappa shape index (κ1) is 41.9. The van der Waals surface area contributed by atoms with E-state index in [4.69, 9.17) is 4.74 Å². The molecule has 0 bridgehead atoms. The lowest BCUT2D eigenvalue weighted by Crippen LogP contribution is -2.60. The van der Waals surface area contributed by atoms with Gasteiger partial charge in [0.05, 0.1) is 17.8 Å². The molecular weight excluding hydrogens is 815 g/mol. The molecule has 4 aromatic rings. The van der Waals surface area contributed by atoms with E-state index in [1.54, 1.807) is 40.0 Å². The van der Waals surface area contributed by atoms with Gasteiger partial charge in [0, 0.05) is 30.6 Å². The van der Waals surface area contributed by atoms with Crippen molar-refractivity contribution in [3.8, 4) is 22.3 Å². The van der Waals surface area contributed by atoms with Crippen LogP contribution in [0.4, 0.5) is 4.79 Å². The molecule has 0 unspecified atom stereocenters. The fraction of sp³-hybridized carbons (Fsp3) is 0.439. The predicted molar refractivity (Wildman–Crippen MR) is 223 cm³/mol. The van der Waals surface area contributed by atoms with Crippen LogP contribution in [0.15, 0.2) is 80.7 Å². The van der Waals surface area contributed by atoms with Crippen LogP contribution in [-0.4, -0.2) is 82.2 Å². The largest absolute Gasteiger partial charge is 0.446 e. The zero-order valence-electron chi connectivity index (χ0n) is 33.2. The van der Waals surface area contributed by atoms with Gasteiger partial charge in [0.25, 0.3) is 21.5 Å². The summed E-state index contributed by atoms with van der Waals surface area (Å²) in [5.41, 5.74) is 0.298. The Labute approximate surface area is 350 Å². The number of sulfonamides is 1. The smallest absolute Gasteiger partial charge is 0.408 e. The molecule has 0 radical (unpaired) electrons. The molecule has 312 valence electrons. The van der Waals surface area contributed by atoms with Gasteiger partial charge in [-0.15, -0.1) is 6.58 Å². The number of thiophene rings is 2. The van der Waals surface area contributed by atoms with Crippen LogP contribution in [0.2, 0.25) is 0 Å². The van der Waals surface area contributed by atoms with Crippen molar-refractivity contribution in [1.29, 1.82) is 0 Å². The van der Waals surface area contributed by atoms with Gasteiger partial charge < -0.3 is 20.3 Å². The summed E-state index contributed by atoms with van der Waals surface area (Å²) in [6.07, 6.45) is 6.67. The number of aromatic nitrogens is 3. The number of hydrogen-bond acceptors (Lipinski definition) is 12. The zero-order chi connectivity index (χ0) is 42.3. The van der Waals surface area contributed by atoms with Crippen molar-refractivity contribution in [2.24, 2.45) is 11.3 Å². The maximum Gasteiger partial charge on any atom is 0.408 e. The van der Waals surface area contributed by atoms with Crippen LogP contribution in [0, 0.1) is 18.3 Å². The highest BCUT2D eigenvalue weighted by Crippen LogP contribution is 2.45. The maximum atomic E-state index is 14.8. The van der Waals surface area contributed by atoms with Gasteiger partial charge in [0.2, 0.25) is 11.8 Å². The first-order valence-electron chi connectivity index (χ1n) is 19.4. The van der Waals surface area contributed by atoms with Gasteiger partial charge in [-0.1, -0.05) is 32.9 Å². The van der Waals surface area contributed by atoms with Gasteiger partial charge in [-0.05, 0) is 101 Å². The van der Waals surface area contributed by atoms with Crippen LogP contribution < -0.4 is 20.9 Å². The van der Waals surface area contributed by atoms with Gasteiger partial charge in [-0.2, -0.15) is 36.2 Å². The highest BCUT2D eigenvalue weighted by Gasteiger charge is 2.61. The minimum atomic E-state index is -4.43. The molecule has 1 saturated heterocycles. The minimum absolute atomic E-state index is 0.0449. The molecule has 2 aliphatic carbocycles. The number of pyridine rings is 1. The number of carbonyl (C=O) groups is 4. The van der Waals surface area contributed by atoms with Crippen LogP contribution in [0.1, 0.15) is 70.9 Å². The van der Waals surface area contributed by atoms with Crippen LogP contribution in [0.3, 0.4) is 0 Å². The van der Waals surface area contributed by atoms with Crippen molar-refractivity contribution >= 4 is 56.5 Å². The molecule has 5 atom stereocenters. The van der Waals surface area contributed by atoms with E-state index in [9.17, 15) is 32.4 Å². The quantitative estimate of drug-likeness (QED) is 0.159. The van der Waals surface area contributed by atoms with Crippen molar-refractivity contribution in [3.05, 3.63) is 86.8 Å². The second-order valence-electron chi connectivity index (χ2n) is 16.5. The average Bonchev–Trinajstić information content (AvgIpc) is 3.87. The number of ether oxygens (including phenoxy) is 1. The standard InChI is InChI=1S/C41H47N7O8S3/c1-6-27-18-41(27,38(52)46-59(54,55)32-12-11-24(2)19-42-32)45-35(49)31-17-28(21-47(31)37(51)34(40(3,4)5)44-39(53)56-29-9-7-8-10-29)48-36(50)33(26-14-16-58-23-26)30(20-43-48)25-13-15-57-22-25/h6,11-16,19-20,22-23,27-29,31,34H,1,7-10,17-18,21H2,2-5H3,(H,44,53)(H,45,49)(H,46,52)/t27-,28-,31+,34-,41-/m1/s1. The fourth-order valence-electron chi connectivity index (χ4n) is 7.87. The Hall–Kier alpha value is -5.20. The summed E-state index contributed by atoms with van der Waals surface area (Å²) in [7, 11) is -4.43. The van der Waals surface area contributed by atoms with Crippen molar-refractivity contribution in [1.82, 2.24) is 35.0 Å². The number of aryl methyl sites for hydroxylation is 1. The van der Waals surface area contributed by atoms with Crippen molar-refractivity contribution in [3.63, 3.8) is 0 Å². The van der Waals surface area contributed by atoms with Crippen molar-refractivity contribution in [2.45, 2.75) is 101 Å². The maximum absolute atomic E-state index is 14.8. The number of rotatable bonds is 12. The van der Waals surface area contributed by atoms with Crippen molar-refractivity contribution < 1.29 is 32.3 Å². The van der Waals surface area contributed by atoms with Crippen molar-refractivity contribution in [2.75, 3.05) is 6.54 Å². The van der Waals surface area contributed by atoms with Crippen LogP contribution in [-0.2, 0) is 29.1 Å². The third kappa shape index (κ3) is 8.61. The highest BCUT2D eigenvalue weighted by molar-refractivity contribution is 7.90. The number of hydrogen-bond donors (Lipinski definition) is 3. The molecule has 18 heteroatoms. The predicted octanol–water partition coefficient (Wildman–Crippen LogP) is 5.20. The lowest BCUT2D eigenvalue weighted by Gasteiger charge is -2.35. The molecule has 1 aliphatic heterocycles. The number of likely N-dealkylation sites (tertiary alicyclic amines) is 1. The molecule has 4 amide bonds. The van der Waals surface area contributed by atoms with Crippen LogP contribution >= 0.6 is 22.7 Å². The fourth-order valence-corrected chi connectivity index (χ4v) is 10.1. The number of amides is 4. The summed E-state index contributed by atoms with van der Waals surface area (Å²) in [4.78, 5) is 76.2. The van der Waals surface area contributed by atoms with E-state index in [1.165, 1.54) is 50.6 Å². The topological polar surface area (TPSA) is 199 Å². The summed E-state index contributed by atoms with van der Waals surface area (Å²) in [6, 6.07) is 3.31. The molecule has 0 spiro atoms. The van der Waals surface area contributed by atoms with Crippen LogP contribution in [0.25, 0.3) is 22.3 Å². The molecule has 4 aromatic heterocycles. The van der Waals surface area contributed by atoms with Gasteiger partial charge in [0.1, 0.15) is 23.7 Å². The Morgan fingerprint density at radius 2 is 1.73 bits per heavy atom. The summed E-state index contributed by atoms with van der Waals surface area (Å²) < 4.78 is 35.5. The second kappa shape index (κ2) is 16.5. The van der Waals surface area contributed by atoms with E-state index in [1.807, 2.05) is 33.7 Å². The molecule has 2 saturated carbocycles. The highest BCUT2D eigenvalue weighted by atomic mass is 32.2. The van der Waals surface area contributed by atoms with Gasteiger partial charge in [0.15, 0.2) is 5.03 Å². The summed E-state index contributed by atoms with van der Waals surface area (Å²) in [5.74, 6) is -2.98. The average molecular weight is 862 g/mol. The van der Waals surface area contributed by atoms with Gasteiger partial charge >= 0.3 is 6.09 Å². The lowest BCUT2D eigenvalue weighted by molar-refractivity contribution is -0.142. The number of nitrogens with zero attached hydrogens (tertiary/aromatic N) is 4. The van der Waals surface area contributed by atoms with Gasteiger partial charge in [-0.25, -0.2) is 19.2 Å². The number of alkyl carbamates (subject to hydrolysis) is 1. The first-order valence-corrected chi connectivity index (χ1v) is 22.8. The number of nitrogens with one attached hydrogen (secondary N) is 3. The normalized spacial score (nSPS) is 22.4. The van der Waals surface area contributed by atoms with Gasteiger partial charge in [-0.3, -0.25) is 19.2 Å². The van der Waals surface area contributed by atoms with E-state index >= 15 is 0 Å². The third-order valence-electron chi connectivity index (χ3n) is 11.2. The molecular formula is C41H47N7O8S3. The molecule has 5 heterocycles. The Morgan fingerprint density at radius 3 is 2.32 bits per heavy atom. The lowest BCUT2D eigenvalue weighted by atomic mass is 9.85. The van der Waals surface area contributed by atoms with E-state index in [-0.39, 0.29) is 30.5 Å². The number of carbonyl (C=O) groups excluding carboxylic acids is 4. The van der Waals surface area contributed by atoms with E-state index in [0.29, 0.717) is 16.7 Å². The molecule has 59 heavy (non-hydrogen) atoms. The third-order valence-corrected chi connectivity index (χ3v) is 13.9. The first-order chi connectivity index (χ1) is 28.0. The second-order valence-corrected chi connectivity index (χ2v) is 19.7. The summed E-state index contributed by atoms with van der Waals surface area (Å²) in [6.45, 7) is 10.7. The summed E-state index contributed by atoms with van der Waals surface area (Å²) >= 11 is 2.92. The van der Waals surface area contributed by atoms with E-state index in [2.05, 4.69) is 32.0 Å². The van der Waals surface area contributed by atoms with E-state index in [0.717, 1.165) is 36.8 Å². The SMILES string of the molecule is C=C[C@@H]1C[C@]1(NC(=O)[C@@H]1C[C@@H](n2ncc(-c3ccsc3)c(-c3ccsc3)c2=O)CN1C(=O)[C@@H](NC(=O)OC1CCCC1)C(C)(C)C)C(=O)NS(=O)(=O)c1ccc(C)cn1. The monoisotopic (exact) mass is 861 g/mol. The zero-order valence-corrected chi connectivity index (χ0v) is 35.6. The Morgan fingerprint density at radius 1 is 1.03 bits per heavy atom. The van der Waals surface area contributed by atoms with Crippen LogP contribution in [0.5, 0.6) is 0 Å². The molecule has 3 fully saturated rings. The minimum Gasteiger partial charge on any atom is -0.446 e. The van der Waals surface area contributed by atoms with E-state index < -0.39 is 74.4 Å². The molecule has 3 N–H and O–H groups in total. The molecule has 7 rings (SSSR count). The Balaban J connectivity index is 1.22. The Kier molecular flexibility index (Phi) is 11.7.